The van der Waals surface area contributed by atoms with E-state index in [9.17, 15) is 14.7 Å². The lowest BCUT2D eigenvalue weighted by Gasteiger charge is -2.58. The van der Waals surface area contributed by atoms with Crippen LogP contribution < -0.4 is 4.74 Å². The van der Waals surface area contributed by atoms with E-state index in [4.69, 9.17) is 9.47 Å². The summed E-state index contributed by atoms with van der Waals surface area (Å²) in [7, 11) is 0. The van der Waals surface area contributed by atoms with E-state index in [1.54, 1.807) is 18.2 Å². The van der Waals surface area contributed by atoms with Gasteiger partial charge in [-0.3, -0.25) is 0 Å². The Balaban J connectivity index is 0.974. The number of phenols is 1. The second kappa shape index (κ2) is 13.8. The van der Waals surface area contributed by atoms with Gasteiger partial charge in [0.15, 0.2) is 0 Å². The van der Waals surface area contributed by atoms with Crippen molar-refractivity contribution in [2.45, 2.75) is 111 Å². The predicted molar refractivity (Wildman–Crippen MR) is 199 cm³/mol. The number of hydrogen-bond acceptors (Lipinski definition) is 5. The Kier molecular flexibility index (Phi) is 9.65. The van der Waals surface area contributed by atoms with Crippen molar-refractivity contribution in [2.24, 2.45) is 46.3 Å². The lowest BCUT2D eigenvalue weighted by Crippen LogP contribution is -2.51. The van der Waals surface area contributed by atoms with Gasteiger partial charge in [0.1, 0.15) is 17.6 Å². The summed E-state index contributed by atoms with van der Waals surface area (Å²) in [6.07, 6.45) is 16.2. The third-order valence-corrected chi connectivity index (χ3v) is 13.9. The minimum absolute atomic E-state index is 0.0906. The number of aromatic hydroxyl groups is 1. The highest BCUT2D eigenvalue weighted by Crippen LogP contribution is 2.67. The molecule has 8 atom stereocenters. The highest BCUT2D eigenvalue weighted by Gasteiger charge is 2.59. The monoisotopic (exact) mass is 676 g/mol. The van der Waals surface area contributed by atoms with Crippen molar-refractivity contribution in [3.8, 4) is 11.5 Å². The number of phenolic OH excluding ortho intramolecular Hbond substituents is 1. The van der Waals surface area contributed by atoms with Gasteiger partial charge in [0.2, 0.25) is 0 Å². The molecule has 1 N–H and O–H groups in total. The molecular weight excluding hydrogens is 620 g/mol. The first-order chi connectivity index (χ1) is 23.9. The molecule has 0 radical (unpaired) electrons. The molecule has 0 heterocycles. The number of benzene rings is 3. The fraction of sp³-hybridized carbons (Fsp3) is 0.556. The Hall–Kier alpha value is -3.60. The zero-order valence-electron chi connectivity index (χ0n) is 30.8. The van der Waals surface area contributed by atoms with Gasteiger partial charge in [-0.05, 0) is 151 Å². The summed E-state index contributed by atoms with van der Waals surface area (Å²) in [5.41, 5.74) is 3.15. The second-order valence-corrected chi connectivity index (χ2v) is 17.2. The number of allylic oxidation sites excluding steroid dienone is 1. The molecule has 0 unspecified atom stereocenters. The lowest BCUT2D eigenvalue weighted by atomic mass is 9.47. The Bertz CT molecular complexity index is 1750. The standard InChI is InChI=1S/C45H56O5/c1-28(2)7-6-8-29(3)39-19-20-40-38-18-14-34-27-37(21-23-44(34,4)41(38)22-24-45(39,40)5)50-43(48)33-10-9-32-26-36(17-13-31(32)25-33)49-42(47)30-11-15-35(46)16-12-30/h9-17,25-26,28-29,37-41,46H,6-8,18-24,27H2,1-5H3/t29-,37+,38+,39-,40+,41+,44+,45-/m1/s1. The van der Waals surface area contributed by atoms with Crippen LogP contribution in [0.4, 0.5) is 0 Å². The Labute approximate surface area is 298 Å². The zero-order valence-corrected chi connectivity index (χ0v) is 30.8. The van der Waals surface area contributed by atoms with Crippen molar-refractivity contribution >= 4 is 22.7 Å². The van der Waals surface area contributed by atoms with Crippen LogP contribution in [0.15, 0.2) is 72.3 Å². The fourth-order valence-corrected chi connectivity index (χ4v) is 11.1. The molecule has 5 heteroatoms. The molecular formula is C45H56O5. The van der Waals surface area contributed by atoms with E-state index in [2.05, 4.69) is 40.7 Å². The molecule has 0 amide bonds. The smallest absolute Gasteiger partial charge is 0.343 e. The fourth-order valence-electron chi connectivity index (χ4n) is 11.1. The van der Waals surface area contributed by atoms with Crippen molar-refractivity contribution in [3.05, 3.63) is 83.4 Å². The molecule has 5 nitrogen and oxygen atoms in total. The van der Waals surface area contributed by atoms with Gasteiger partial charge in [0.05, 0.1) is 11.1 Å². The van der Waals surface area contributed by atoms with Gasteiger partial charge in [-0.15, -0.1) is 0 Å². The minimum atomic E-state index is -0.497. The maximum Gasteiger partial charge on any atom is 0.343 e. The molecule has 0 bridgehead atoms. The molecule has 4 aliphatic rings. The van der Waals surface area contributed by atoms with Crippen molar-refractivity contribution in [1.82, 2.24) is 0 Å². The van der Waals surface area contributed by atoms with E-state index < -0.39 is 5.97 Å². The minimum Gasteiger partial charge on any atom is -0.508 e. The average Bonchev–Trinajstić information content (AvgIpc) is 3.45. The summed E-state index contributed by atoms with van der Waals surface area (Å²) in [6.45, 7) is 12.5. The Morgan fingerprint density at radius 1 is 0.820 bits per heavy atom. The topological polar surface area (TPSA) is 72.8 Å². The average molecular weight is 677 g/mol. The van der Waals surface area contributed by atoms with E-state index in [0.717, 1.165) is 65.5 Å². The van der Waals surface area contributed by atoms with Gasteiger partial charge in [0, 0.05) is 6.42 Å². The van der Waals surface area contributed by atoms with Gasteiger partial charge < -0.3 is 14.6 Å². The van der Waals surface area contributed by atoms with Crippen LogP contribution in [0.25, 0.3) is 10.8 Å². The molecule has 3 aromatic rings. The van der Waals surface area contributed by atoms with E-state index >= 15 is 0 Å². The predicted octanol–water partition coefficient (Wildman–Crippen LogP) is 11.3. The van der Waals surface area contributed by atoms with Gasteiger partial charge in [-0.2, -0.15) is 0 Å². The quantitative estimate of drug-likeness (QED) is 0.139. The highest BCUT2D eigenvalue weighted by atomic mass is 16.5. The largest absolute Gasteiger partial charge is 0.508 e. The normalized spacial score (nSPS) is 30.9. The second-order valence-electron chi connectivity index (χ2n) is 17.2. The molecule has 3 fully saturated rings. The number of hydrogen-bond donors (Lipinski definition) is 1. The first kappa shape index (κ1) is 34.8. The van der Waals surface area contributed by atoms with Crippen molar-refractivity contribution < 1.29 is 24.2 Å². The number of carbonyl (C=O) groups excluding carboxylic acids is 2. The summed E-state index contributed by atoms with van der Waals surface area (Å²) in [6, 6.07) is 16.9. The van der Waals surface area contributed by atoms with E-state index in [1.165, 1.54) is 81.2 Å². The Morgan fingerprint density at radius 3 is 2.34 bits per heavy atom. The van der Waals surface area contributed by atoms with Gasteiger partial charge in [-0.25, -0.2) is 9.59 Å². The molecule has 0 aliphatic heterocycles. The zero-order chi connectivity index (χ0) is 35.2. The van der Waals surface area contributed by atoms with E-state index in [-0.39, 0.29) is 23.2 Å². The molecule has 3 aromatic carbocycles. The summed E-state index contributed by atoms with van der Waals surface area (Å²) < 4.78 is 11.7. The lowest BCUT2D eigenvalue weighted by molar-refractivity contribution is -0.0594. The van der Waals surface area contributed by atoms with Crippen LogP contribution in [0, 0.1) is 46.3 Å². The molecule has 0 spiro atoms. The number of carbonyl (C=O) groups is 2. The molecule has 7 rings (SSSR count). The third-order valence-electron chi connectivity index (χ3n) is 13.9. The first-order valence-corrected chi connectivity index (χ1v) is 19.4. The van der Waals surface area contributed by atoms with Crippen LogP contribution in [-0.4, -0.2) is 23.1 Å². The van der Waals surface area contributed by atoms with Crippen molar-refractivity contribution in [3.63, 3.8) is 0 Å². The van der Waals surface area contributed by atoms with Crippen molar-refractivity contribution in [2.75, 3.05) is 0 Å². The summed E-state index contributed by atoms with van der Waals surface area (Å²) in [5.74, 6) is 4.64. The Morgan fingerprint density at radius 2 is 1.56 bits per heavy atom. The maximum absolute atomic E-state index is 13.4. The van der Waals surface area contributed by atoms with Gasteiger partial charge >= 0.3 is 11.9 Å². The summed E-state index contributed by atoms with van der Waals surface area (Å²) in [5, 5.41) is 11.2. The maximum atomic E-state index is 13.4. The first-order valence-electron chi connectivity index (χ1n) is 19.4. The van der Waals surface area contributed by atoms with Crippen LogP contribution in [-0.2, 0) is 4.74 Å². The summed E-state index contributed by atoms with van der Waals surface area (Å²) >= 11 is 0. The van der Waals surface area contributed by atoms with E-state index in [1.807, 2.05) is 18.2 Å². The molecule has 3 saturated carbocycles. The SMILES string of the molecule is CC(C)CCC[C@@H](C)[C@H]1CC[C@H]2[C@@H]3CC=C4C[C@@H](OC(=O)c5ccc6cc(OC(=O)c7ccc(O)cc7)ccc6c5)CC[C@]4(C)[C@H]3CC[C@]12C. The van der Waals surface area contributed by atoms with Crippen LogP contribution in [0.2, 0.25) is 0 Å². The van der Waals surface area contributed by atoms with Crippen LogP contribution in [0.1, 0.15) is 126 Å². The number of fused-ring (bicyclic) bond motifs is 6. The van der Waals surface area contributed by atoms with Crippen molar-refractivity contribution in [1.29, 1.82) is 0 Å². The van der Waals surface area contributed by atoms with Crippen LogP contribution >= 0.6 is 0 Å². The molecule has 266 valence electrons. The van der Waals surface area contributed by atoms with E-state index in [0.29, 0.717) is 22.3 Å². The van der Waals surface area contributed by atoms with Crippen LogP contribution in [0.3, 0.4) is 0 Å². The van der Waals surface area contributed by atoms with Gasteiger partial charge in [0.25, 0.3) is 0 Å². The number of rotatable bonds is 9. The molecule has 50 heavy (non-hydrogen) atoms. The molecule has 0 aromatic heterocycles. The van der Waals surface area contributed by atoms with Crippen LogP contribution in [0.5, 0.6) is 11.5 Å². The molecule has 0 saturated heterocycles. The summed E-state index contributed by atoms with van der Waals surface area (Å²) in [4.78, 5) is 26.0. The number of ether oxygens (including phenoxy) is 2. The van der Waals surface area contributed by atoms with Gasteiger partial charge in [-0.1, -0.05) is 77.7 Å². The molecule has 4 aliphatic carbocycles. The number of esters is 2. The third kappa shape index (κ3) is 6.62. The highest BCUT2D eigenvalue weighted by molar-refractivity contribution is 5.96.